The Bertz CT molecular complexity index is 373. The largest absolute Gasteiger partial charge is 0.379 e. The smallest absolute Gasteiger partial charge is 0.193 e. The standard InChI is InChI=1S/C16H30N4O.HI/c1-3-4-13-11-15(13)18-16(17-2)20-6-5-14(12-20)19-7-9-21-10-8-19;/h13-15H,3-12H2,1-2H3,(H,17,18);1H. The normalized spacial score (nSPS) is 32.7. The molecule has 6 heteroatoms. The molecule has 2 saturated heterocycles. The highest BCUT2D eigenvalue weighted by molar-refractivity contribution is 14.0. The van der Waals surface area contributed by atoms with E-state index in [-0.39, 0.29) is 24.0 Å². The number of morpholine rings is 1. The van der Waals surface area contributed by atoms with E-state index in [1.165, 1.54) is 25.7 Å². The summed E-state index contributed by atoms with van der Waals surface area (Å²) in [5, 5.41) is 3.67. The molecule has 3 atom stereocenters. The van der Waals surface area contributed by atoms with E-state index in [1.807, 2.05) is 7.05 Å². The minimum atomic E-state index is 0. The summed E-state index contributed by atoms with van der Waals surface area (Å²) in [5.41, 5.74) is 0. The maximum absolute atomic E-state index is 5.46. The minimum absolute atomic E-state index is 0. The van der Waals surface area contributed by atoms with Crippen molar-refractivity contribution in [2.24, 2.45) is 10.9 Å². The average molecular weight is 422 g/mol. The number of rotatable bonds is 4. The Morgan fingerprint density at radius 2 is 2.05 bits per heavy atom. The van der Waals surface area contributed by atoms with Crippen molar-refractivity contribution < 1.29 is 4.74 Å². The molecule has 1 N–H and O–H groups in total. The first-order valence-electron chi connectivity index (χ1n) is 8.62. The van der Waals surface area contributed by atoms with Gasteiger partial charge in [-0.05, 0) is 25.2 Å². The van der Waals surface area contributed by atoms with E-state index < -0.39 is 0 Å². The summed E-state index contributed by atoms with van der Waals surface area (Å²) >= 11 is 0. The second-order valence-corrected chi connectivity index (χ2v) is 6.62. The van der Waals surface area contributed by atoms with Crippen LogP contribution in [0.15, 0.2) is 4.99 Å². The third kappa shape index (κ3) is 4.47. The monoisotopic (exact) mass is 422 g/mol. The van der Waals surface area contributed by atoms with Crippen molar-refractivity contribution in [3.63, 3.8) is 0 Å². The van der Waals surface area contributed by atoms with Crippen molar-refractivity contribution in [1.29, 1.82) is 0 Å². The molecule has 0 bridgehead atoms. The zero-order valence-electron chi connectivity index (χ0n) is 14.0. The molecule has 22 heavy (non-hydrogen) atoms. The van der Waals surface area contributed by atoms with E-state index in [4.69, 9.17) is 4.74 Å². The molecular weight excluding hydrogens is 391 g/mol. The fraction of sp³-hybridized carbons (Fsp3) is 0.938. The second-order valence-electron chi connectivity index (χ2n) is 6.62. The predicted octanol–water partition coefficient (Wildman–Crippen LogP) is 1.77. The van der Waals surface area contributed by atoms with Crippen LogP contribution in [0.4, 0.5) is 0 Å². The molecule has 0 aromatic rings. The molecule has 128 valence electrons. The van der Waals surface area contributed by atoms with E-state index in [2.05, 4.69) is 27.0 Å². The Morgan fingerprint density at radius 1 is 1.27 bits per heavy atom. The van der Waals surface area contributed by atoms with Gasteiger partial charge in [-0.3, -0.25) is 9.89 Å². The number of hydrogen-bond donors (Lipinski definition) is 1. The Labute approximate surface area is 151 Å². The zero-order valence-corrected chi connectivity index (χ0v) is 16.3. The molecule has 2 aliphatic heterocycles. The van der Waals surface area contributed by atoms with Gasteiger partial charge in [0.05, 0.1) is 13.2 Å². The molecule has 3 fully saturated rings. The van der Waals surface area contributed by atoms with Crippen molar-refractivity contribution in [2.75, 3.05) is 46.4 Å². The van der Waals surface area contributed by atoms with Gasteiger partial charge in [-0.2, -0.15) is 0 Å². The van der Waals surface area contributed by atoms with Crippen molar-refractivity contribution in [1.82, 2.24) is 15.1 Å². The Hall–Kier alpha value is -0.0800. The van der Waals surface area contributed by atoms with Crippen molar-refractivity contribution in [3.8, 4) is 0 Å². The van der Waals surface area contributed by atoms with Crippen LogP contribution in [-0.4, -0.2) is 74.3 Å². The topological polar surface area (TPSA) is 40.1 Å². The quantitative estimate of drug-likeness (QED) is 0.426. The molecule has 0 spiro atoms. The molecule has 5 nitrogen and oxygen atoms in total. The van der Waals surface area contributed by atoms with Crippen LogP contribution in [0, 0.1) is 5.92 Å². The van der Waals surface area contributed by atoms with Crippen LogP contribution >= 0.6 is 24.0 Å². The van der Waals surface area contributed by atoms with Crippen LogP contribution < -0.4 is 5.32 Å². The highest BCUT2D eigenvalue weighted by Gasteiger charge is 2.38. The molecule has 0 aromatic heterocycles. The van der Waals surface area contributed by atoms with Gasteiger partial charge in [0.15, 0.2) is 5.96 Å². The number of aliphatic imine (C=N–C) groups is 1. The first kappa shape index (κ1) is 18.3. The van der Waals surface area contributed by atoms with Crippen LogP contribution in [0.3, 0.4) is 0 Å². The van der Waals surface area contributed by atoms with Gasteiger partial charge >= 0.3 is 0 Å². The van der Waals surface area contributed by atoms with Gasteiger partial charge in [-0.1, -0.05) is 13.3 Å². The number of ether oxygens (including phenoxy) is 1. The summed E-state index contributed by atoms with van der Waals surface area (Å²) in [6, 6.07) is 1.35. The van der Waals surface area contributed by atoms with Crippen molar-refractivity contribution >= 4 is 29.9 Å². The molecule has 0 amide bonds. The molecular formula is C16H31IN4O. The van der Waals surface area contributed by atoms with Gasteiger partial charge in [0.1, 0.15) is 0 Å². The highest BCUT2D eigenvalue weighted by atomic mass is 127. The lowest BCUT2D eigenvalue weighted by atomic mass is 10.2. The molecule has 0 radical (unpaired) electrons. The minimum Gasteiger partial charge on any atom is -0.379 e. The second kappa shape index (κ2) is 8.68. The van der Waals surface area contributed by atoms with E-state index >= 15 is 0 Å². The summed E-state index contributed by atoms with van der Waals surface area (Å²) in [4.78, 5) is 9.55. The highest BCUT2D eigenvalue weighted by Crippen LogP contribution is 2.34. The van der Waals surface area contributed by atoms with Crippen LogP contribution in [0.25, 0.3) is 0 Å². The van der Waals surface area contributed by atoms with Crippen LogP contribution in [0.2, 0.25) is 0 Å². The molecule has 0 aromatic carbocycles. The number of likely N-dealkylation sites (tertiary alicyclic amines) is 1. The first-order chi connectivity index (χ1) is 10.3. The Kier molecular flexibility index (Phi) is 7.21. The third-order valence-corrected chi connectivity index (χ3v) is 5.13. The molecule has 3 aliphatic rings. The van der Waals surface area contributed by atoms with Crippen LogP contribution in [-0.2, 0) is 4.74 Å². The van der Waals surface area contributed by atoms with E-state index in [0.29, 0.717) is 12.1 Å². The molecule has 3 unspecified atom stereocenters. The lowest BCUT2D eigenvalue weighted by Gasteiger charge is -2.32. The van der Waals surface area contributed by atoms with E-state index in [1.54, 1.807) is 0 Å². The summed E-state index contributed by atoms with van der Waals surface area (Å²) in [6.45, 7) is 8.49. The number of nitrogens with zero attached hydrogens (tertiary/aromatic N) is 3. The lowest BCUT2D eigenvalue weighted by Crippen LogP contribution is -2.47. The predicted molar refractivity (Wildman–Crippen MR) is 101 cm³/mol. The van der Waals surface area contributed by atoms with Gasteiger partial charge in [-0.25, -0.2) is 0 Å². The molecule has 1 aliphatic carbocycles. The third-order valence-electron chi connectivity index (χ3n) is 5.13. The summed E-state index contributed by atoms with van der Waals surface area (Å²) in [7, 11) is 1.92. The number of nitrogens with one attached hydrogen (secondary N) is 1. The maximum atomic E-state index is 5.46. The number of halogens is 1. The van der Waals surface area contributed by atoms with Crippen LogP contribution in [0.5, 0.6) is 0 Å². The maximum Gasteiger partial charge on any atom is 0.193 e. The van der Waals surface area contributed by atoms with Crippen molar-refractivity contribution in [2.45, 2.75) is 44.7 Å². The first-order valence-corrected chi connectivity index (χ1v) is 8.62. The zero-order chi connectivity index (χ0) is 14.7. The average Bonchev–Trinajstić information content (AvgIpc) is 3.07. The van der Waals surface area contributed by atoms with Gasteiger partial charge in [0.2, 0.25) is 0 Å². The Balaban J connectivity index is 0.00000176. The van der Waals surface area contributed by atoms with Crippen LogP contribution in [0.1, 0.15) is 32.6 Å². The SMILES string of the molecule is CCCC1CC1NC(=NC)N1CCC(N2CCOCC2)C1.I. The van der Waals surface area contributed by atoms with Gasteiger partial charge in [0, 0.05) is 45.3 Å². The van der Waals surface area contributed by atoms with E-state index in [9.17, 15) is 0 Å². The van der Waals surface area contributed by atoms with Crippen molar-refractivity contribution in [3.05, 3.63) is 0 Å². The molecule has 3 rings (SSSR count). The van der Waals surface area contributed by atoms with Gasteiger partial charge in [0.25, 0.3) is 0 Å². The van der Waals surface area contributed by atoms with E-state index in [0.717, 1.165) is 51.3 Å². The summed E-state index contributed by atoms with van der Waals surface area (Å²) in [5.74, 6) is 2.00. The fourth-order valence-electron chi connectivity index (χ4n) is 3.75. The summed E-state index contributed by atoms with van der Waals surface area (Å²) in [6.07, 6.45) is 5.23. The Morgan fingerprint density at radius 3 is 2.73 bits per heavy atom. The number of guanidine groups is 1. The lowest BCUT2D eigenvalue weighted by molar-refractivity contribution is 0.0195. The fourth-order valence-corrected chi connectivity index (χ4v) is 3.75. The molecule has 1 saturated carbocycles. The number of hydrogen-bond acceptors (Lipinski definition) is 3. The summed E-state index contributed by atoms with van der Waals surface area (Å²) < 4.78 is 5.46. The van der Waals surface area contributed by atoms with Gasteiger partial charge < -0.3 is 15.0 Å². The van der Waals surface area contributed by atoms with Gasteiger partial charge in [-0.15, -0.1) is 24.0 Å². The molecule has 2 heterocycles.